The van der Waals surface area contributed by atoms with Crippen molar-refractivity contribution < 1.29 is 9.53 Å². The fraction of sp³-hybridized carbons (Fsp3) is 0.857. The molecule has 0 aliphatic carbocycles. The normalized spacial score (nSPS) is 39.9. The smallest absolute Gasteiger partial charge is 0.323 e. The molecular formula is C7H13NO2. The van der Waals surface area contributed by atoms with Crippen LogP contribution in [-0.4, -0.2) is 17.6 Å². The van der Waals surface area contributed by atoms with Gasteiger partial charge in [0.25, 0.3) is 0 Å². The maximum absolute atomic E-state index is 10.8. The lowest BCUT2D eigenvalue weighted by Gasteiger charge is -2.19. The average molecular weight is 143 g/mol. The minimum atomic E-state index is -0.398. The molecule has 0 saturated carbocycles. The summed E-state index contributed by atoms with van der Waals surface area (Å²) in [5.74, 6) is -0.260. The number of cyclic esters (lactones) is 1. The van der Waals surface area contributed by atoms with Crippen LogP contribution in [0, 0.1) is 0 Å². The van der Waals surface area contributed by atoms with E-state index < -0.39 is 6.04 Å². The minimum Gasteiger partial charge on any atom is -0.458 e. The molecule has 2 N–H and O–H groups in total. The highest BCUT2D eigenvalue weighted by molar-refractivity contribution is 5.78. The molecule has 10 heavy (non-hydrogen) atoms. The molecule has 0 spiro atoms. The zero-order valence-corrected chi connectivity index (χ0v) is 6.39. The number of carbonyl (C=O) groups is 1. The first kappa shape index (κ1) is 7.54. The zero-order chi connectivity index (χ0) is 7.78. The van der Waals surface area contributed by atoms with E-state index in [2.05, 4.69) is 0 Å². The second-order valence-corrected chi connectivity index (χ2v) is 3.04. The molecule has 0 radical (unpaired) electrons. The number of rotatable bonds is 1. The molecule has 0 bridgehead atoms. The van der Waals surface area contributed by atoms with Gasteiger partial charge in [0.1, 0.15) is 11.6 Å². The maximum Gasteiger partial charge on any atom is 0.323 e. The van der Waals surface area contributed by atoms with E-state index in [1.54, 1.807) is 0 Å². The van der Waals surface area contributed by atoms with Crippen molar-refractivity contribution in [1.82, 2.24) is 0 Å². The molecule has 1 saturated heterocycles. The molecule has 2 unspecified atom stereocenters. The van der Waals surface area contributed by atoms with E-state index in [-0.39, 0.29) is 11.6 Å². The molecule has 2 atom stereocenters. The summed E-state index contributed by atoms with van der Waals surface area (Å²) in [6.07, 6.45) is 1.49. The third-order valence-electron chi connectivity index (χ3n) is 2.05. The van der Waals surface area contributed by atoms with Crippen molar-refractivity contribution in [3.63, 3.8) is 0 Å². The number of hydrogen-bond donors (Lipinski definition) is 1. The van der Waals surface area contributed by atoms with E-state index in [1.807, 2.05) is 13.8 Å². The standard InChI is InChI=1S/C7H13NO2/c1-3-7(2)4-5(8)6(9)10-7/h5H,3-4,8H2,1-2H3. The van der Waals surface area contributed by atoms with Gasteiger partial charge in [-0.2, -0.15) is 0 Å². The van der Waals surface area contributed by atoms with Crippen LogP contribution in [0.1, 0.15) is 26.7 Å². The van der Waals surface area contributed by atoms with Gasteiger partial charge in [0, 0.05) is 6.42 Å². The van der Waals surface area contributed by atoms with Gasteiger partial charge in [0.2, 0.25) is 0 Å². The lowest BCUT2D eigenvalue weighted by molar-refractivity contribution is -0.148. The number of hydrogen-bond acceptors (Lipinski definition) is 3. The van der Waals surface area contributed by atoms with Crippen molar-refractivity contribution >= 4 is 5.97 Å². The topological polar surface area (TPSA) is 52.3 Å². The third kappa shape index (κ3) is 1.14. The second-order valence-electron chi connectivity index (χ2n) is 3.04. The molecule has 1 fully saturated rings. The Hall–Kier alpha value is -0.570. The van der Waals surface area contributed by atoms with E-state index in [9.17, 15) is 4.79 Å². The maximum atomic E-state index is 10.8. The summed E-state index contributed by atoms with van der Waals surface area (Å²) in [6.45, 7) is 3.91. The predicted molar refractivity (Wildman–Crippen MR) is 37.4 cm³/mol. The Morgan fingerprint density at radius 2 is 2.50 bits per heavy atom. The zero-order valence-electron chi connectivity index (χ0n) is 6.39. The van der Waals surface area contributed by atoms with Crippen LogP contribution >= 0.6 is 0 Å². The molecule has 1 aliphatic heterocycles. The van der Waals surface area contributed by atoms with Crippen LogP contribution in [0.25, 0.3) is 0 Å². The molecule has 3 heteroatoms. The van der Waals surface area contributed by atoms with Crippen molar-refractivity contribution in [2.24, 2.45) is 5.73 Å². The Balaban J connectivity index is 2.64. The summed E-state index contributed by atoms with van der Waals surface area (Å²) in [5.41, 5.74) is 5.16. The van der Waals surface area contributed by atoms with Gasteiger partial charge in [-0.05, 0) is 13.3 Å². The Labute approximate surface area is 60.5 Å². The molecule has 1 aliphatic rings. The first-order valence-electron chi connectivity index (χ1n) is 3.56. The summed E-state index contributed by atoms with van der Waals surface area (Å²) < 4.78 is 5.05. The van der Waals surface area contributed by atoms with Crippen molar-refractivity contribution in [3.05, 3.63) is 0 Å². The summed E-state index contributed by atoms with van der Waals surface area (Å²) >= 11 is 0. The Kier molecular flexibility index (Phi) is 1.68. The third-order valence-corrected chi connectivity index (χ3v) is 2.05. The van der Waals surface area contributed by atoms with Crippen molar-refractivity contribution in [2.75, 3.05) is 0 Å². The lowest BCUT2D eigenvalue weighted by Crippen LogP contribution is -2.25. The Morgan fingerprint density at radius 1 is 1.90 bits per heavy atom. The van der Waals surface area contributed by atoms with Crippen molar-refractivity contribution in [3.8, 4) is 0 Å². The summed E-state index contributed by atoms with van der Waals surface area (Å²) in [6, 6.07) is -0.398. The molecule has 58 valence electrons. The number of carbonyl (C=O) groups excluding carboxylic acids is 1. The molecule has 1 rings (SSSR count). The number of nitrogens with two attached hydrogens (primary N) is 1. The van der Waals surface area contributed by atoms with Gasteiger partial charge < -0.3 is 10.5 Å². The minimum absolute atomic E-state index is 0.260. The van der Waals surface area contributed by atoms with Crippen molar-refractivity contribution in [2.45, 2.75) is 38.3 Å². The van der Waals surface area contributed by atoms with Gasteiger partial charge in [-0.1, -0.05) is 6.92 Å². The van der Waals surface area contributed by atoms with E-state index >= 15 is 0 Å². The van der Waals surface area contributed by atoms with E-state index in [1.165, 1.54) is 0 Å². The molecular weight excluding hydrogens is 130 g/mol. The van der Waals surface area contributed by atoms with Gasteiger partial charge in [-0.3, -0.25) is 4.79 Å². The number of esters is 1. The molecule has 0 aromatic rings. The summed E-state index contributed by atoms with van der Waals surface area (Å²) in [4.78, 5) is 10.8. The Bertz CT molecular complexity index is 158. The van der Waals surface area contributed by atoms with E-state index in [0.29, 0.717) is 6.42 Å². The van der Waals surface area contributed by atoms with Crippen LogP contribution in [0.5, 0.6) is 0 Å². The molecule has 0 aromatic carbocycles. The second kappa shape index (κ2) is 2.23. The van der Waals surface area contributed by atoms with Gasteiger partial charge in [-0.25, -0.2) is 0 Å². The fourth-order valence-electron chi connectivity index (χ4n) is 1.13. The number of ether oxygens (including phenoxy) is 1. The Morgan fingerprint density at radius 3 is 2.70 bits per heavy atom. The van der Waals surface area contributed by atoms with E-state index in [4.69, 9.17) is 10.5 Å². The molecule has 0 aromatic heterocycles. The highest BCUT2D eigenvalue weighted by Gasteiger charge is 2.39. The van der Waals surface area contributed by atoms with Crippen LogP contribution in [0.15, 0.2) is 0 Å². The molecule has 0 amide bonds. The van der Waals surface area contributed by atoms with Crippen molar-refractivity contribution in [1.29, 1.82) is 0 Å². The van der Waals surface area contributed by atoms with Crippen LogP contribution in [-0.2, 0) is 9.53 Å². The molecule has 3 nitrogen and oxygen atoms in total. The summed E-state index contributed by atoms with van der Waals surface area (Å²) in [5, 5.41) is 0. The van der Waals surface area contributed by atoms with Gasteiger partial charge in [-0.15, -0.1) is 0 Å². The van der Waals surface area contributed by atoms with Crippen LogP contribution < -0.4 is 5.73 Å². The highest BCUT2D eigenvalue weighted by atomic mass is 16.6. The SMILES string of the molecule is CCC1(C)CC(N)C(=O)O1. The van der Waals surface area contributed by atoms with E-state index in [0.717, 1.165) is 6.42 Å². The highest BCUT2D eigenvalue weighted by Crippen LogP contribution is 2.28. The monoisotopic (exact) mass is 143 g/mol. The quantitative estimate of drug-likeness (QED) is 0.541. The fourth-order valence-corrected chi connectivity index (χ4v) is 1.13. The summed E-state index contributed by atoms with van der Waals surface area (Å²) in [7, 11) is 0. The van der Waals surface area contributed by atoms with Gasteiger partial charge in [0.05, 0.1) is 0 Å². The predicted octanol–water partition coefficient (Wildman–Crippen LogP) is 0.429. The lowest BCUT2D eigenvalue weighted by atomic mass is 9.98. The largest absolute Gasteiger partial charge is 0.458 e. The van der Waals surface area contributed by atoms with Crippen LogP contribution in [0.4, 0.5) is 0 Å². The molecule has 1 heterocycles. The van der Waals surface area contributed by atoms with Crippen LogP contribution in [0.3, 0.4) is 0 Å². The first-order chi connectivity index (χ1) is 4.57. The van der Waals surface area contributed by atoms with Gasteiger partial charge in [0.15, 0.2) is 0 Å². The van der Waals surface area contributed by atoms with Crippen LogP contribution in [0.2, 0.25) is 0 Å². The average Bonchev–Trinajstić information content (AvgIpc) is 2.10. The first-order valence-corrected chi connectivity index (χ1v) is 3.56. The van der Waals surface area contributed by atoms with Gasteiger partial charge >= 0.3 is 5.97 Å².